The Labute approximate surface area is 128 Å². The van der Waals surface area contributed by atoms with Crippen LogP contribution in [0.25, 0.3) is 11.8 Å². The van der Waals surface area contributed by atoms with E-state index in [0.29, 0.717) is 5.56 Å². The number of carbonyl (C=O) groups is 1. The highest BCUT2D eigenvalue weighted by molar-refractivity contribution is 6.04. The van der Waals surface area contributed by atoms with Gasteiger partial charge < -0.3 is 8.98 Å². The van der Waals surface area contributed by atoms with Gasteiger partial charge in [-0.2, -0.15) is 0 Å². The van der Waals surface area contributed by atoms with Crippen molar-refractivity contribution in [2.75, 3.05) is 0 Å². The van der Waals surface area contributed by atoms with E-state index in [1.165, 1.54) is 6.08 Å². The Kier molecular flexibility index (Phi) is 4.11. The molecule has 1 aromatic carbocycles. The van der Waals surface area contributed by atoms with Crippen LogP contribution in [-0.4, -0.2) is 15.3 Å². The second kappa shape index (κ2) is 6.54. The molecule has 0 aliphatic carbocycles. The molecule has 4 nitrogen and oxygen atoms in total. The molecule has 108 valence electrons. The maximum Gasteiger partial charge on any atom is 0.185 e. The van der Waals surface area contributed by atoms with Gasteiger partial charge >= 0.3 is 0 Å². The second-order valence-corrected chi connectivity index (χ2v) is 4.61. The Morgan fingerprint density at radius 3 is 2.68 bits per heavy atom. The van der Waals surface area contributed by atoms with Crippen LogP contribution in [0.15, 0.2) is 84.0 Å². The first-order valence-corrected chi connectivity index (χ1v) is 6.84. The van der Waals surface area contributed by atoms with Crippen molar-refractivity contribution in [3.63, 3.8) is 0 Å². The number of imidazole rings is 1. The van der Waals surface area contributed by atoms with Gasteiger partial charge in [-0.15, -0.1) is 0 Å². The van der Waals surface area contributed by atoms with E-state index in [0.717, 1.165) is 11.4 Å². The zero-order chi connectivity index (χ0) is 15.2. The maximum atomic E-state index is 12.0. The van der Waals surface area contributed by atoms with Crippen LogP contribution < -0.4 is 0 Å². The second-order valence-electron chi connectivity index (χ2n) is 4.61. The maximum absolute atomic E-state index is 12.0. The fourth-order valence-corrected chi connectivity index (χ4v) is 1.99. The molecule has 0 unspecified atom stereocenters. The van der Waals surface area contributed by atoms with E-state index in [1.807, 2.05) is 35.0 Å². The van der Waals surface area contributed by atoms with Crippen LogP contribution in [0.2, 0.25) is 0 Å². The van der Waals surface area contributed by atoms with Gasteiger partial charge in [-0.3, -0.25) is 4.79 Å². The SMILES string of the molecule is O=C(/C=C/C=C/c1ccco1)c1ccc(-n2ccnc2)cc1. The number of furan rings is 1. The Bertz CT molecular complexity index is 780. The summed E-state index contributed by atoms with van der Waals surface area (Å²) in [5.41, 5.74) is 1.61. The molecule has 0 aliphatic rings. The van der Waals surface area contributed by atoms with Crippen molar-refractivity contribution in [1.29, 1.82) is 0 Å². The smallest absolute Gasteiger partial charge is 0.185 e. The molecule has 0 spiro atoms. The lowest BCUT2D eigenvalue weighted by atomic mass is 10.1. The molecule has 0 atom stereocenters. The van der Waals surface area contributed by atoms with E-state index >= 15 is 0 Å². The molecular formula is C18H14N2O2. The molecular weight excluding hydrogens is 276 g/mol. The first-order chi connectivity index (χ1) is 10.8. The number of ketones is 1. The summed E-state index contributed by atoms with van der Waals surface area (Å²) in [4.78, 5) is 16.0. The van der Waals surface area contributed by atoms with Gasteiger partial charge in [-0.1, -0.05) is 12.2 Å². The molecule has 2 aromatic heterocycles. The summed E-state index contributed by atoms with van der Waals surface area (Å²) in [6.45, 7) is 0. The van der Waals surface area contributed by atoms with Crippen molar-refractivity contribution in [1.82, 2.24) is 9.55 Å². The highest BCUT2D eigenvalue weighted by Gasteiger charge is 2.01. The number of carbonyl (C=O) groups excluding carboxylic acids is 1. The molecule has 0 radical (unpaired) electrons. The lowest BCUT2D eigenvalue weighted by Gasteiger charge is -2.02. The monoisotopic (exact) mass is 290 g/mol. The first-order valence-electron chi connectivity index (χ1n) is 6.84. The number of benzene rings is 1. The van der Waals surface area contributed by atoms with Gasteiger partial charge in [0.1, 0.15) is 5.76 Å². The molecule has 3 rings (SSSR count). The molecule has 4 heteroatoms. The largest absolute Gasteiger partial charge is 0.465 e. The minimum absolute atomic E-state index is 0.0405. The fraction of sp³-hybridized carbons (Fsp3) is 0. The number of nitrogens with zero attached hydrogens (tertiary/aromatic N) is 2. The average Bonchev–Trinajstić information content (AvgIpc) is 3.25. The summed E-state index contributed by atoms with van der Waals surface area (Å²) in [6, 6.07) is 11.1. The van der Waals surface area contributed by atoms with Crippen LogP contribution in [0.1, 0.15) is 16.1 Å². The number of hydrogen-bond donors (Lipinski definition) is 0. The molecule has 2 heterocycles. The Morgan fingerprint density at radius 1 is 1.14 bits per heavy atom. The van der Waals surface area contributed by atoms with Crippen molar-refractivity contribution < 1.29 is 9.21 Å². The van der Waals surface area contributed by atoms with Crippen LogP contribution in [-0.2, 0) is 0 Å². The molecule has 0 saturated carbocycles. The highest BCUT2D eigenvalue weighted by atomic mass is 16.3. The van der Waals surface area contributed by atoms with Gasteiger partial charge in [0, 0.05) is 23.6 Å². The first kappa shape index (κ1) is 13.8. The molecule has 0 amide bonds. The zero-order valence-corrected chi connectivity index (χ0v) is 11.8. The summed E-state index contributed by atoms with van der Waals surface area (Å²) in [7, 11) is 0. The number of rotatable bonds is 5. The third kappa shape index (κ3) is 3.30. The summed E-state index contributed by atoms with van der Waals surface area (Å²) in [5.74, 6) is 0.711. The molecule has 0 N–H and O–H groups in total. The summed E-state index contributed by atoms with van der Waals surface area (Å²) >= 11 is 0. The van der Waals surface area contributed by atoms with Crippen LogP contribution in [0.4, 0.5) is 0 Å². The van der Waals surface area contributed by atoms with Gasteiger partial charge in [-0.25, -0.2) is 4.98 Å². The fourth-order valence-electron chi connectivity index (χ4n) is 1.99. The van der Waals surface area contributed by atoms with Gasteiger partial charge in [0.15, 0.2) is 5.78 Å². The minimum atomic E-state index is -0.0405. The Morgan fingerprint density at radius 2 is 2.00 bits per heavy atom. The normalized spacial score (nSPS) is 11.5. The minimum Gasteiger partial charge on any atom is -0.465 e. The topological polar surface area (TPSA) is 48.0 Å². The van der Waals surface area contributed by atoms with Crippen molar-refractivity contribution >= 4 is 11.9 Å². The molecule has 0 saturated heterocycles. The van der Waals surface area contributed by atoms with Crippen molar-refractivity contribution in [3.05, 3.63) is 90.9 Å². The van der Waals surface area contributed by atoms with Crippen LogP contribution in [0, 0.1) is 0 Å². The molecule has 0 aliphatic heterocycles. The Hall–Kier alpha value is -3.14. The average molecular weight is 290 g/mol. The van der Waals surface area contributed by atoms with E-state index in [-0.39, 0.29) is 5.78 Å². The van der Waals surface area contributed by atoms with Gasteiger partial charge in [0.05, 0.1) is 12.6 Å². The van der Waals surface area contributed by atoms with Crippen molar-refractivity contribution in [2.24, 2.45) is 0 Å². The van der Waals surface area contributed by atoms with E-state index in [4.69, 9.17) is 4.42 Å². The molecule has 0 fully saturated rings. The number of aromatic nitrogens is 2. The lowest BCUT2D eigenvalue weighted by Crippen LogP contribution is -1.95. The zero-order valence-electron chi connectivity index (χ0n) is 11.8. The Balaban J connectivity index is 1.65. The predicted octanol–water partition coefficient (Wildman–Crippen LogP) is 3.92. The van der Waals surface area contributed by atoms with Crippen molar-refractivity contribution in [2.45, 2.75) is 0 Å². The highest BCUT2D eigenvalue weighted by Crippen LogP contribution is 2.10. The molecule has 3 aromatic rings. The summed E-state index contributed by atoms with van der Waals surface area (Å²) in [5, 5.41) is 0. The lowest BCUT2D eigenvalue weighted by molar-refractivity contribution is 0.104. The third-order valence-corrected chi connectivity index (χ3v) is 3.12. The summed E-state index contributed by atoms with van der Waals surface area (Å²) < 4.78 is 7.05. The van der Waals surface area contributed by atoms with E-state index in [9.17, 15) is 4.79 Å². The van der Waals surface area contributed by atoms with Gasteiger partial charge in [0.25, 0.3) is 0 Å². The molecule has 0 bridgehead atoms. The van der Waals surface area contributed by atoms with Crippen LogP contribution >= 0.6 is 0 Å². The van der Waals surface area contributed by atoms with Crippen molar-refractivity contribution in [3.8, 4) is 5.69 Å². The van der Waals surface area contributed by atoms with E-state index in [2.05, 4.69) is 4.98 Å². The van der Waals surface area contributed by atoms with Gasteiger partial charge in [0.2, 0.25) is 0 Å². The predicted molar refractivity (Wildman–Crippen MR) is 84.8 cm³/mol. The van der Waals surface area contributed by atoms with Crippen LogP contribution in [0.5, 0.6) is 0 Å². The third-order valence-electron chi connectivity index (χ3n) is 3.12. The summed E-state index contributed by atoms with van der Waals surface area (Å²) in [6.07, 6.45) is 13.7. The van der Waals surface area contributed by atoms with Gasteiger partial charge in [-0.05, 0) is 48.6 Å². The standard InChI is InChI=1S/C18H14N2O2/c21-18(6-2-1-4-17-5-3-13-22-17)15-7-9-16(10-8-15)20-12-11-19-14-20/h1-14H/b4-1+,6-2+. The van der Waals surface area contributed by atoms with Crippen LogP contribution in [0.3, 0.4) is 0 Å². The van der Waals surface area contributed by atoms with E-state index < -0.39 is 0 Å². The quantitative estimate of drug-likeness (QED) is 0.406. The number of hydrogen-bond acceptors (Lipinski definition) is 3. The van der Waals surface area contributed by atoms with E-state index in [1.54, 1.807) is 49.1 Å². The molecule has 22 heavy (non-hydrogen) atoms. The number of allylic oxidation sites excluding steroid dienone is 3.